The van der Waals surface area contributed by atoms with E-state index in [4.69, 9.17) is 11.5 Å². The van der Waals surface area contributed by atoms with Crippen LogP contribution in [0.2, 0.25) is 0 Å². The van der Waals surface area contributed by atoms with Gasteiger partial charge in [0.2, 0.25) is 5.91 Å². The van der Waals surface area contributed by atoms with Crippen molar-refractivity contribution in [3.05, 3.63) is 59.8 Å². The normalized spacial score (nSPS) is 9.00. The molecule has 1 aromatic heterocycles. The summed E-state index contributed by atoms with van der Waals surface area (Å²) in [6.45, 7) is 1.86. The summed E-state index contributed by atoms with van der Waals surface area (Å²) in [6.07, 6.45) is 1.66. The zero-order valence-corrected chi connectivity index (χ0v) is 9.63. The second kappa shape index (κ2) is 6.27. The molecular weight excluding hydrogens is 214 g/mol. The number of carbonyl (C=O) groups is 1. The monoisotopic (exact) mass is 229 g/mol. The number of nitrogens with two attached hydrogens (primary N) is 2. The van der Waals surface area contributed by atoms with E-state index < -0.39 is 0 Å². The van der Waals surface area contributed by atoms with Crippen LogP contribution in [0.1, 0.15) is 15.9 Å². The zero-order valence-electron chi connectivity index (χ0n) is 9.63. The number of amides is 1. The maximum Gasteiger partial charge on any atom is 0.248 e. The molecular formula is C13H15N3O. The number of aryl methyl sites for hydroxylation is 1. The summed E-state index contributed by atoms with van der Waals surface area (Å²) < 4.78 is 0. The van der Waals surface area contributed by atoms with E-state index in [2.05, 4.69) is 4.98 Å². The number of hydrogen-bond donors (Lipinski definition) is 2. The standard InChI is InChI=1S/C8H9NO.C5H6N2/c1-6-4-2-3-5-7(6)8(9)10;6-5-3-1-2-4-7-5/h2-5H,1H3,(H2,9,10);1-4H,(H2,6,7). The van der Waals surface area contributed by atoms with Gasteiger partial charge < -0.3 is 11.5 Å². The number of nitrogen functional groups attached to an aromatic ring is 1. The summed E-state index contributed by atoms with van der Waals surface area (Å²) in [4.78, 5) is 14.4. The summed E-state index contributed by atoms with van der Waals surface area (Å²) in [5.74, 6) is 0.209. The Morgan fingerprint density at radius 3 is 2.12 bits per heavy atom. The molecule has 1 amide bonds. The van der Waals surface area contributed by atoms with E-state index in [1.807, 2.05) is 31.2 Å². The third-order valence-corrected chi connectivity index (χ3v) is 2.10. The molecule has 0 atom stereocenters. The summed E-state index contributed by atoms with van der Waals surface area (Å²) in [7, 11) is 0. The number of carbonyl (C=O) groups excluding carboxylic acids is 1. The summed E-state index contributed by atoms with van der Waals surface area (Å²) >= 11 is 0. The first kappa shape index (κ1) is 12.7. The molecule has 0 aliphatic rings. The zero-order chi connectivity index (χ0) is 12.7. The number of nitrogens with zero attached hydrogens (tertiary/aromatic N) is 1. The lowest BCUT2D eigenvalue weighted by molar-refractivity contribution is 0.0999. The Kier molecular flexibility index (Phi) is 4.69. The van der Waals surface area contributed by atoms with Crippen LogP contribution in [0.5, 0.6) is 0 Å². The minimum Gasteiger partial charge on any atom is -0.384 e. The molecule has 0 unspecified atom stereocenters. The van der Waals surface area contributed by atoms with Crippen LogP contribution in [0.25, 0.3) is 0 Å². The van der Waals surface area contributed by atoms with Crippen LogP contribution in [0, 0.1) is 6.92 Å². The lowest BCUT2D eigenvalue weighted by Crippen LogP contribution is -2.12. The van der Waals surface area contributed by atoms with Gasteiger partial charge in [-0.1, -0.05) is 24.3 Å². The fraction of sp³-hybridized carbons (Fsp3) is 0.0769. The first-order valence-corrected chi connectivity index (χ1v) is 5.13. The van der Waals surface area contributed by atoms with Gasteiger partial charge in [0.1, 0.15) is 5.82 Å². The Hall–Kier alpha value is -2.36. The van der Waals surface area contributed by atoms with Gasteiger partial charge in [-0.05, 0) is 30.7 Å². The molecule has 17 heavy (non-hydrogen) atoms. The molecule has 0 saturated heterocycles. The van der Waals surface area contributed by atoms with Crippen molar-refractivity contribution >= 4 is 11.7 Å². The van der Waals surface area contributed by atoms with E-state index >= 15 is 0 Å². The number of anilines is 1. The molecule has 0 saturated carbocycles. The average Bonchev–Trinajstić information content (AvgIpc) is 2.31. The van der Waals surface area contributed by atoms with Crippen molar-refractivity contribution in [3.8, 4) is 0 Å². The number of benzene rings is 1. The van der Waals surface area contributed by atoms with Crippen LogP contribution in [-0.2, 0) is 0 Å². The van der Waals surface area contributed by atoms with Crippen molar-refractivity contribution in [3.63, 3.8) is 0 Å². The van der Waals surface area contributed by atoms with Crippen LogP contribution in [0.15, 0.2) is 48.7 Å². The quantitative estimate of drug-likeness (QED) is 0.781. The molecule has 4 heteroatoms. The molecule has 1 heterocycles. The van der Waals surface area contributed by atoms with Gasteiger partial charge in [-0.15, -0.1) is 0 Å². The van der Waals surface area contributed by atoms with Gasteiger partial charge in [-0.2, -0.15) is 0 Å². The van der Waals surface area contributed by atoms with Crippen molar-refractivity contribution in [1.29, 1.82) is 0 Å². The topological polar surface area (TPSA) is 82.0 Å². The molecule has 88 valence electrons. The van der Waals surface area contributed by atoms with Crippen molar-refractivity contribution in [1.82, 2.24) is 4.98 Å². The van der Waals surface area contributed by atoms with Crippen molar-refractivity contribution in [2.75, 3.05) is 5.73 Å². The van der Waals surface area contributed by atoms with Crippen LogP contribution in [-0.4, -0.2) is 10.9 Å². The lowest BCUT2D eigenvalue weighted by atomic mass is 10.1. The molecule has 0 radical (unpaired) electrons. The Morgan fingerprint density at radius 2 is 1.76 bits per heavy atom. The number of primary amides is 1. The van der Waals surface area contributed by atoms with Gasteiger partial charge in [0.15, 0.2) is 0 Å². The minimum atomic E-state index is -0.363. The molecule has 4 nitrogen and oxygen atoms in total. The Labute approximate surface area is 100 Å². The van der Waals surface area contributed by atoms with Gasteiger partial charge in [0.25, 0.3) is 0 Å². The molecule has 0 fully saturated rings. The SMILES string of the molecule is Cc1ccccc1C(N)=O.Nc1ccccn1. The summed E-state index contributed by atoms with van der Waals surface area (Å²) in [5, 5.41) is 0. The molecule has 0 aliphatic heterocycles. The molecule has 4 N–H and O–H groups in total. The Balaban J connectivity index is 0.000000181. The largest absolute Gasteiger partial charge is 0.384 e. The fourth-order valence-corrected chi connectivity index (χ4v) is 1.23. The van der Waals surface area contributed by atoms with E-state index in [1.165, 1.54) is 0 Å². The first-order valence-electron chi connectivity index (χ1n) is 5.13. The smallest absolute Gasteiger partial charge is 0.248 e. The van der Waals surface area contributed by atoms with Gasteiger partial charge in [-0.3, -0.25) is 4.79 Å². The molecule has 2 aromatic rings. The van der Waals surface area contributed by atoms with Gasteiger partial charge in [-0.25, -0.2) is 4.98 Å². The highest BCUT2D eigenvalue weighted by molar-refractivity contribution is 5.94. The van der Waals surface area contributed by atoms with Crippen LogP contribution >= 0.6 is 0 Å². The number of rotatable bonds is 1. The third kappa shape index (κ3) is 4.34. The highest BCUT2D eigenvalue weighted by Crippen LogP contribution is 2.04. The minimum absolute atomic E-state index is 0.363. The van der Waals surface area contributed by atoms with E-state index in [1.54, 1.807) is 24.4 Å². The highest BCUT2D eigenvalue weighted by atomic mass is 16.1. The molecule has 0 spiro atoms. The maximum absolute atomic E-state index is 10.6. The predicted octanol–water partition coefficient (Wildman–Crippen LogP) is 1.76. The Morgan fingerprint density at radius 1 is 1.12 bits per heavy atom. The number of pyridine rings is 1. The van der Waals surface area contributed by atoms with E-state index in [-0.39, 0.29) is 5.91 Å². The highest BCUT2D eigenvalue weighted by Gasteiger charge is 2.00. The molecule has 0 aliphatic carbocycles. The van der Waals surface area contributed by atoms with E-state index in [9.17, 15) is 4.79 Å². The van der Waals surface area contributed by atoms with Crippen molar-refractivity contribution in [2.24, 2.45) is 5.73 Å². The van der Waals surface area contributed by atoms with Gasteiger partial charge in [0, 0.05) is 11.8 Å². The van der Waals surface area contributed by atoms with Gasteiger partial charge >= 0.3 is 0 Å². The number of aromatic nitrogens is 1. The first-order chi connectivity index (χ1) is 8.11. The van der Waals surface area contributed by atoms with E-state index in [0.717, 1.165) is 5.56 Å². The van der Waals surface area contributed by atoms with Crippen molar-refractivity contribution in [2.45, 2.75) is 6.92 Å². The summed E-state index contributed by atoms with van der Waals surface area (Å²) in [6, 6.07) is 12.7. The van der Waals surface area contributed by atoms with Crippen LogP contribution < -0.4 is 11.5 Å². The maximum atomic E-state index is 10.6. The lowest BCUT2D eigenvalue weighted by Gasteiger charge is -1.97. The second-order valence-corrected chi connectivity index (χ2v) is 3.43. The second-order valence-electron chi connectivity index (χ2n) is 3.43. The van der Waals surface area contributed by atoms with E-state index in [0.29, 0.717) is 11.4 Å². The van der Waals surface area contributed by atoms with Gasteiger partial charge in [0.05, 0.1) is 0 Å². The fourth-order valence-electron chi connectivity index (χ4n) is 1.23. The molecule has 0 bridgehead atoms. The average molecular weight is 229 g/mol. The third-order valence-electron chi connectivity index (χ3n) is 2.10. The summed E-state index contributed by atoms with van der Waals surface area (Å²) in [5.41, 5.74) is 11.8. The number of hydrogen-bond acceptors (Lipinski definition) is 3. The molecule has 2 rings (SSSR count). The predicted molar refractivity (Wildman–Crippen MR) is 68.3 cm³/mol. The van der Waals surface area contributed by atoms with Crippen LogP contribution in [0.4, 0.5) is 5.82 Å². The molecule has 1 aromatic carbocycles. The Bertz CT molecular complexity index is 483. The van der Waals surface area contributed by atoms with Crippen LogP contribution in [0.3, 0.4) is 0 Å². The van der Waals surface area contributed by atoms with Crippen molar-refractivity contribution < 1.29 is 4.79 Å².